The first-order valence-electron chi connectivity index (χ1n) is 9.16. The fourth-order valence-electron chi connectivity index (χ4n) is 3.92. The number of rotatable bonds is 6. The number of nitrogens with zero attached hydrogens (tertiary/aromatic N) is 2. The van der Waals surface area contributed by atoms with Gasteiger partial charge in [0.1, 0.15) is 0 Å². The van der Waals surface area contributed by atoms with Crippen molar-refractivity contribution >= 4 is 0 Å². The second-order valence-electron chi connectivity index (χ2n) is 7.96. The minimum atomic E-state index is -0.353. The summed E-state index contributed by atoms with van der Waals surface area (Å²) in [6.07, 6.45) is 3.74. The van der Waals surface area contributed by atoms with Crippen molar-refractivity contribution in [2.45, 2.75) is 52.2 Å². The number of piperazine rings is 1. The first-order chi connectivity index (χ1) is 10.5. The van der Waals surface area contributed by atoms with Crippen molar-refractivity contribution in [2.24, 2.45) is 17.8 Å². The van der Waals surface area contributed by atoms with Gasteiger partial charge in [0.15, 0.2) is 0 Å². The molecule has 2 rings (SSSR count). The van der Waals surface area contributed by atoms with E-state index in [2.05, 4.69) is 37.6 Å². The van der Waals surface area contributed by atoms with Crippen LogP contribution in [0.15, 0.2) is 0 Å². The monoisotopic (exact) mass is 312 g/mol. The van der Waals surface area contributed by atoms with Crippen molar-refractivity contribution in [3.63, 3.8) is 0 Å². The molecule has 0 aromatic heterocycles. The number of likely N-dealkylation sites (N-methyl/N-ethyl adjacent to an activating group) is 1. The molecule has 1 saturated heterocycles. The summed E-state index contributed by atoms with van der Waals surface area (Å²) in [6, 6.07) is 0. The van der Waals surface area contributed by atoms with Gasteiger partial charge in [-0.3, -0.25) is 4.90 Å². The lowest BCUT2D eigenvalue weighted by molar-refractivity contribution is -0.0751. The Bertz CT molecular complexity index is 316. The van der Waals surface area contributed by atoms with E-state index in [0.717, 1.165) is 45.1 Å². The van der Waals surface area contributed by atoms with Gasteiger partial charge in [-0.25, -0.2) is 0 Å². The fraction of sp³-hybridized carbons (Fsp3) is 1.00. The van der Waals surface area contributed by atoms with Gasteiger partial charge in [0.05, 0.1) is 18.8 Å². The Morgan fingerprint density at radius 2 is 1.82 bits per heavy atom. The zero-order chi connectivity index (χ0) is 16.1. The summed E-state index contributed by atoms with van der Waals surface area (Å²) in [6.45, 7) is 12.5. The third-order valence-corrected chi connectivity index (χ3v) is 5.53. The highest BCUT2D eigenvalue weighted by Crippen LogP contribution is 2.35. The third kappa shape index (κ3) is 5.48. The van der Waals surface area contributed by atoms with E-state index in [9.17, 15) is 5.11 Å². The minimum absolute atomic E-state index is 0.339. The summed E-state index contributed by atoms with van der Waals surface area (Å²) in [4.78, 5) is 4.70. The van der Waals surface area contributed by atoms with E-state index < -0.39 is 0 Å². The zero-order valence-corrected chi connectivity index (χ0v) is 15.0. The summed E-state index contributed by atoms with van der Waals surface area (Å²) in [5.41, 5.74) is 0. The molecule has 0 aromatic carbocycles. The SMILES string of the molecule is CC(C)[C@H]1CC[C@H](C)C[C@@H]1OC[C@@H](O)CN1CCN(C)CC1. The molecular weight excluding hydrogens is 276 g/mol. The van der Waals surface area contributed by atoms with E-state index in [1.165, 1.54) is 12.8 Å². The van der Waals surface area contributed by atoms with Gasteiger partial charge in [0.2, 0.25) is 0 Å². The van der Waals surface area contributed by atoms with Gasteiger partial charge in [0.25, 0.3) is 0 Å². The minimum Gasteiger partial charge on any atom is -0.389 e. The summed E-state index contributed by atoms with van der Waals surface area (Å²) in [5.74, 6) is 2.09. The van der Waals surface area contributed by atoms with Gasteiger partial charge >= 0.3 is 0 Å². The maximum Gasteiger partial charge on any atom is 0.0900 e. The molecule has 1 aliphatic heterocycles. The van der Waals surface area contributed by atoms with Crippen LogP contribution in [0.25, 0.3) is 0 Å². The number of hydrogen-bond donors (Lipinski definition) is 1. The Balaban J connectivity index is 1.73. The quantitative estimate of drug-likeness (QED) is 0.814. The predicted molar refractivity (Wildman–Crippen MR) is 91.0 cm³/mol. The second-order valence-corrected chi connectivity index (χ2v) is 7.96. The molecule has 4 heteroatoms. The third-order valence-electron chi connectivity index (χ3n) is 5.53. The zero-order valence-electron chi connectivity index (χ0n) is 15.0. The predicted octanol–water partition coefficient (Wildman–Crippen LogP) is 2.07. The van der Waals surface area contributed by atoms with Crippen molar-refractivity contribution in [1.82, 2.24) is 9.80 Å². The lowest BCUT2D eigenvalue weighted by atomic mass is 9.75. The Labute approximate surface area is 136 Å². The second kappa shape index (κ2) is 8.62. The lowest BCUT2D eigenvalue weighted by Crippen LogP contribution is -2.48. The number of aliphatic hydroxyl groups excluding tert-OH is 1. The molecule has 4 atom stereocenters. The van der Waals surface area contributed by atoms with E-state index in [1.807, 2.05) is 0 Å². The van der Waals surface area contributed by atoms with Crippen molar-refractivity contribution in [2.75, 3.05) is 46.4 Å². The average Bonchev–Trinajstić information content (AvgIpc) is 2.47. The Morgan fingerprint density at radius 1 is 1.14 bits per heavy atom. The Hall–Kier alpha value is -0.160. The number of β-amino-alcohol motifs (C(OH)–C–C–N with tert-alkyl or cyclic N) is 1. The van der Waals surface area contributed by atoms with Crippen LogP contribution in [0, 0.1) is 17.8 Å². The molecule has 2 fully saturated rings. The van der Waals surface area contributed by atoms with Crippen LogP contribution in [-0.2, 0) is 4.74 Å². The summed E-state index contributed by atoms with van der Waals surface area (Å²) >= 11 is 0. The van der Waals surface area contributed by atoms with Gasteiger partial charge in [-0.15, -0.1) is 0 Å². The molecule has 1 heterocycles. The Kier molecular flexibility index (Phi) is 7.13. The molecule has 4 nitrogen and oxygen atoms in total. The molecule has 22 heavy (non-hydrogen) atoms. The van der Waals surface area contributed by atoms with Crippen LogP contribution in [0.4, 0.5) is 0 Å². The largest absolute Gasteiger partial charge is 0.389 e. The van der Waals surface area contributed by atoms with Crippen molar-refractivity contribution in [3.05, 3.63) is 0 Å². The molecule has 2 aliphatic rings. The van der Waals surface area contributed by atoms with Gasteiger partial charge in [-0.2, -0.15) is 0 Å². The van der Waals surface area contributed by atoms with E-state index in [-0.39, 0.29) is 6.10 Å². The maximum absolute atomic E-state index is 10.3. The van der Waals surface area contributed by atoms with E-state index >= 15 is 0 Å². The van der Waals surface area contributed by atoms with Crippen molar-refractivity contribution < 1.29 is 9.84 Å². The highest BCUT2D eigenvalue weighted by atomic mass is 16.5. The summed E-state index contributed by atoms with van der Waals surface area (Å²) in [5, 5.41) is 10.3. The molecule has 1 aliphatic carbocycles. The molecule has 0 amide bonds. The summed E-state index contributed by atoms with van der Waals surface area (Å²) in [7, 11) is 2.16. The number of aliphatic hydroxyl groups is 1. The molecular formula is C18H36N2O2. The van der Waals surface area contributed by atoms with E-state index in [1.54, 1.807) is 0 Å². The van der Waals surface area contributed by atoms with Crippen LogP contribution >= 0.6 is 0 Å². The molecule has 0 unspecified atom stereocenters. The first-order valence-corrected chi connectivity index (χ1v) is 9.16. The summed E-state index contributed by atoms with van der Waals surface area (Å²) < 4.78 is 6.16. The number of hydrogen-bond acceptors (Lipinski definition) is 4. The van der Waals surface area contributed by atoms with E-state index in [0.29, 0.717) is 24.5 Å². The van der Waals surface area contributed by atoms with Gasteiger partial charge in [-0.1, -0.05) is 27.2 Å². The van der Waals surface area contributed by atoms with E-state index in [4.69, 9.17) is 4.74 Å². The smallest absolute Gasteiger partial charge is 0.0900 e. The highest BCUT2D eigenvalue weighted by Gasteiger charge is 2.31. The van der Waals surface area contributed by atoms with Crippen molar-refractivity contribution in [3.8, 4) is 0 Å². The molecule has 1 saturated carbocycles. The lowest BCUT2D eigenvalue weighted by Gasteiger charge is -2.38. The standard InChI is InChI=1S/C18H36N2O2/c1-14(2)17-6-5-15(3)11-18(17)22-13-16(21)12-20-9-7-19(4)8-10-20/h14-18,21H,5-13H2,1-4H3/t15-,16-,17+,18-/m0/s1. The van der Waals surface area contributed by atoms with Gasteiger partial charge in [-0.05, 0) is 37.6 Å². The highest BCUT2D eigenvalue weighted by molar-refractivity contribution is 4.82. The van der Waals surface area contributed by atoms with Crippen LogP contribution in [0.5, 0.6) is 0 Å². The first kappa shape index (κ1) is 18.2. The van der Waals surface area contributed by atoms with Crippen LogP contribution in [0.2, 0.25) is 0 Å². The molecule has 1 N–H and O–H groups in total. The molecule has 0 radical (unpaired) electrons. The number of ether oxygens (including phenoxy) is 1. The molecule has 130 valence electrons. The van der Waals surface area contributed by atoms with Crippen LogP contribution < -0.4 is 0 Å². The maximum atomic E-state index is 10.3. The topological polar surface area (TPSA) is 35.9 Å². The van der Waals surface area contributed by atoms with Gasteiger partial charge < -0.3 is 14.7 Å². The van der Waals surface area contributed by atoms with Crippen molar-refractivity contribution in [1.29, 1.82) is 0 Å². The molecule has 0 bridgehead atoms. The Morgan fingerprint density at radius 3 is 2.45 bits per heavy atom. The van der Waals surface area contributed by atoms with Crippen LogP contribution in [0.3, 0.4) is 0 Å². The average molecular weight is 312 g/mol. The van der Waals surface area contributed by atoms with Gasteiger partial charge in [0, 0.05) is 32.7 Å². The molecule has 0 aromatic rings. The molecule has 0 spiro atoms. The van der Waals surface area contributed by atoms with Crippen LogP contribution in [0.1, 0.15) is 40.0 Å². The normalized spacial score (nSPS) is 33.3. The van der Waals surface area contributed by atoms with Crippen LogP contribution in [-0.4, -0.2) is 73.5 Å². The fourth-order valence-corrected chi connectivity index (χ4v) is 3.92.